The molecule has 2 saturated heterocycles. The summed E-state index contributed by atoms with van der Waals surface area (Å²) in [5.41, 5.74) is 1.50. The van der Waals surface area contributed by atoms with Crippen LogP contribution in [-0.2, 0) is 6.54 Å². The third kappa shape index (κ3) is 5.17. The number of para-hydroxylation sites is 1. The molecule has 33 heavy (non-hydrogen) atoms. The number of hydrogen-bond acceptors (Lipinski definition) is 5. The van der Waals surface area contributed by atoms with Crippen LogP contribution in [0.3, 0.4) is 0 Å². The normalized spacial score (nSPS) is 22.0. The minimum absolute atomic E-state index is 0.174. The van der Waals surface area contributed by atoms with E-state index in [4.69, 9.17) is 9.47 Å². The fraction of sp³-hybridized carbons (Fsp3) is 0.333. The first kappa shape index (κ1) is 21.5. The fourth-order valence-electron chi connectivity index (χ4n) is 4.85. The summed E-state index contributed by atoms with van der Waals surface area (Å²) in [6.45, 7) is 0.428. The highest BCUT2D eigenvalue weighted by atomic mass is 16.5. The van der Waals surface area contributed by atoms with Crippen LogP contribution in [0.15, 0.2) is 72.9 Å². The molecule has 0 saturated carbocycles. The van der Waals surface area contributed by atoms with Gasteiger partial charge in [0.2, 0.25) is 5.88 Å². The van der Waals surface area contributed by atoms with Gasteiger partial charge in [-0.05, 0) is 68.6 Å². The lowest BCUT2D eigenvalue weighted by molar-refractivity contribution is 0.0661. The number of carbonyl (C=O) groups excluding carboxylic acids is 1. The Bertz CT molecular complexity index is 1070. The van der Waals surface area contributed by atoms with Crippen molar-refractivity contribution in [3.63, 3.8) is 0 Å². The van der Waals surface area contributed by atoms with E-state index in [1.807, 2.05) is 54.6 Å². The predicted molar refractivity (Wildman–Crippen MR) is 127 cm³/mol. The van der Waals surface area contributed by atoms with Crippen LogP contribution in [0.5, 0.6) is 17.4 Å². The van der Waals surface area contributed by atoms with Gasteiger partial charge in [-0.1, -0.05) is 30.3 Å². The van der Waals surface area contributed by atoms with E-state index < -0.39 is 0 Å². The molecular formula is C27H29N3O3. The van der Waals surface area contributed by atoms with Crippen LogP contribution in [0.2, 0.25) is 0 Å². The maximum Gasteiger partial charge on any atom is 0.253 e. The molecular weight excluding hydrogens is 414 g/mol. The second-order valence-electron chi connectivity index (χ2n) is 8.89. The van der Waals surface area contributed by atoms with Gasteiger partial charge in [-0.15, -0.1) is 0 Å². The van der Waals surface area contributed by atoms with E-state index in [-0.39, 0.29) is 12.0 Å². The quantitative estimate of drug-likeness (QED) is 0.568. The fourth-order valence-corrected chi connectivity index (χ4v) is 4.85. The lowest BCUT2D eigenvalue weighted by Gasteiger charge is -2.36. The molecule has 0 radical (unpaired) electrons. The van der Waals surface area contributed by atoms with E-state index in [0.717, 1.165) is 24.2 Å². The highest BCUT2D eigenvalue weighted by Gasteiger charge is 2.39. The Morgan fingerprint density at radius 2 is 1.76 bits per heavy atom. The molecule has 6 nitrogen and oxygen atoms in total. The molecule has 3 atom stereocenters. The number of benzene rings is 2. The van der Waals surface area contributed by atoms with Gasteiger partial charge in [0.05, 0.1) is 5.56 Å². The highest BCUT2D eigenvalue weighted by Crippen LogP contribution is 2.36. The average molecular weight is 444 g/mol. The topological polar surface area (TPSA) is 63.7 Å². The van der Waals surface area contributed by atoms with Gasteiger partial charge in [0.25, 0.3) is 5.91 Å². The van der Waals surface area contributed by atoms with E-state index in [0.29, 0.717) is 35.8 Å². The highest BCUT2D eigenvalue weighted by molar-refractivity contribution is 5.93. The number of rotatable bonds is 7. The Labute approximate surface area is 194 Å². The Morgan fingerprint density at radius 3 is 2.48 bits per heavy atom. The van der Waals surface area contributed by atoms with E-state index in [1.165, 1.54) is 19.0 Å². The van der Waals surface area contributed by atoms with Crippen molar-refractivity contribution in [1.29, 1.82) is 0 Å². The van der Waals surface area contributed by atoms with Crippen LogP contribution < -0.4 is 14.8 Å². The lowest BCUT2D eigenvalue weighted by Crippen LogP contribution is -2.43. The molecule has 3 aromatic rings. The predicted octanol–water partition coefficient (Wildman–Crippen LogP) is 4.81. The van der Waals surface area contributed by atoms with Crippen molar-refractivity contribution in [3.05, 3.63) is 84.1 Å². The van der Waals surface area contributed by atoms with Crippen LogP contribution in [0.4, 0.5) is 0 Å². The number of fused-ring (bicyclic) bond motifs is 2. The molecule has 1 amide bonds. The second kappa shape index (κ2) is 9.63. The van der Waals surface area contributed by atoms with Crippen LogP contribution in [0.1, 0.15) is 41.6 Å². The van der Waals surface area contributed by atoms with Crippen molar-refractivity contribution in [1.82, 2.24) is 15.2 Å². The standard InChI is InChI=1S/C27H29N3O3/c1-30-21-11-12-22(30)16-25(15-21)32-24-9-5-6-19(14-24)17-29-27(31)20-10-13-26(28-18-20)33-23-7-3-2-4-8-23/h2-10,13-14,18,21-22,25H,11-12,15-17H2,1H3,(H,29,31)/t21-,22+,25+. The minimum Gasteiger partial charge on any atom is -0.490 e. The molecule has 2 fully saturated rings. The number of aromatic nitrogens is 1. The molecule has 1 N–H and O–H groups in total. The van der Waals surface area contributed by atoms with Gasteiger partial charge in [-0.3, -0.25) is 4.79 Å². The number of pyridine rings is 1. The van der Waals surface area contributed by atoms with Crippen molar-refractivity contribution in [3.8, 4) is 17.4 Å². The van der Waals surface area contributed by atoms with Crippen molar-refractivity contribution in [2.75, 3.05) is 7.05 Å². The minimum atomic E-state index is -0.174. The summed E-state index contributed by atoms with van der Waals surface area (Å²) in [6, 6.07) is 22.2. The summed E-state index contributed by atoms with van der Waals surface area (Å²) in [6.07, 6.45) is 6.53. The van der Waals surface area contributed by atoms with E-state index in [2.05, 4.69) is 22.2 Å². The summed E-state index contributed by atoms with van der Waals surface area (Å²) < 4.78 is 12.0. The molecule has 170 valence electrons. The third-order valence-electron chi connectivity index (χ3n) is 6.67. The molecule has 5 rings (SSSR count). The zero-order valence-corrected chi connectivity index (χ0v) is 18.8. The van der Waals surface area contributed by atoms with Crippen LogP contribution in [-0.4, -0.2) is 41.0 Å². The Balaban J connectivity index is 1.14. The maximum absolute atomic E-state index is 12.6. The molecule has 2 bridgehead atoms. The SMILES string of the molecule is CN1[C@@H]2CC[C@H]1C[C@@H](Oc1cccc(CNC(=O)c3ccc(Oc4ccccc4)nc3)c1)C2. The number of hydrogen-bond donors (Lipinski definition) is 1. The van der Waals surface area contributed by atoms with Gasteiger partial charge in [-0.2, -0.15) is 0 Å². The van der Waals surface area contributed by atoms with Gasteiger partial charge in [0, 0.05) is 30.9 Å². The van der Waals surface area contributed by atoms with E-state index in [9.17, 15) is 4.79 Å². The number of piperidine rings is 1. The Kier molecular flexibility index (Phi) is 6.26. The number of ether oxygens (including phenoxy) is 2. The first-order valence-corrected chi connectivity index (χ1v) is 11.6. The molecule has 6 heteroatoms. The van der Waals surface area contributed by atoms with Crippen LogP contribution in [0.25, 0.3) is 0 Å². The molecule has 2 aliphatic rings. The summed E-state index contributed by atoms with van der Waals surface area (Å²) in [7, 11) is 2.24. The zero-order chi connectivity index (χ0) is 22.6. The van der Waals surface area contributed by atoms with Gasteiger partial charge in [0.15, 0.2) is 0 Å². The first-order chi connectivity index (χ1) is 16.1. The summed E-state index contributed by atoms with van der Waals surface area (Å²) >= 11 is 0. The van der Waals surface area contributed by atoms with Gasteiger partial charge < -0.3 is 19.7 Å². The van der Waals surface area contributed by atoms with Crippen molar-refractivity contribution in [2.45, 2.75) is 50.4 Å². The molecule has 2 aromatic carbocycles. The largest absolute Gasteiger partial charge is 0.490 e. The zero-order valence-electron chi connectivity index (χ0n) is 18.8. The molecule has 0 aliphatic carbocycles. The summed E-state index contributed by atoms with van der Waals surface area (Å²) in [5.74, 6) is 1.86. The third-order valence-corrected chi connectivity index (χ3v) is 6.67. The Morgan fingerprint density at radius 1 is 1.00 bits per heavy atom. The number of nitrogens with zero attached hydrogens (tertiary/aromatic N) is 2. The molecule has 2 aliphatic heterocycles. The van der Waals surface area contributed by atoms with E-state index in [1.54, 1.807) is 12.1 Å². The number of amides is 1. The summed E-state index contributed by atoms with van der Waals surface area (Å²) in [5, 5.41) is 2.96. The van der Waals surface area contributed by atoms with Crippen molar-refractivity contribution in [2.24, 2.45) is 0 Å². The molecule has 3 heterocycles. The maximum atomic E-state index is 12.6. The molecule has 0 unspecified atom stereocenters. The first-order valence-electron chi connectivity index (χ1n) is 11.6. The number of nitrogens with one attached hydrogen (secondary N) is 1. The molecule has 1 aromatic heterocycles. The van der Waals surface area contributed by atoms with Crippen LogP contribution in [0, 0.1) is 0 Å². The molecule has 0 spiro atoms. The monoisotopic (exact) mass is 443 g/mol. The van der Waals surface area contributed by atoms with Crippen molar-refractivity contribution >= 4 is 5.91 Å². The summed E-state index contributed by atoms with van der Waals surface area (Å²) in [4.78, 5) is 19.3. The number of carbonyl (C=O) groups is 1. The average Bonchev–Trinajstić information content (AvgIpc) is 3.04. The van der Waals surface area contributed by atoms with Crippen molar-refractivity contribution < 1.29 is 14.3 Å². The van der Waals surface area contributed by atoms with Gasteiger partial charge in [0.1, 0.15) is 17.6 Å². The van der Waals surface area contributed by atoms with E-state index >= 15 is 0 Å². The Hall–Kier alpha value is -3.38. The van der Waals surface area contributed by atoms with Gasteiger partial charge in [-0.25, -0.2) is 4.98 Å². The van der Waals surface area contributed by atoms with Crippen LogP contribution >= 0.6 is 0 Å². The lowest BCUT2D eigenvalue weighted by atomic mass is 10.0. The smallest absolute Gasteiger partial charge is 0.253 e. The van der Waals surface area contributed by atoms with Gasteiger partial charge >= 0.3 is 0 Å². The second-order valence-corrected chi connectivity index (χ2v) is 8.89.